The van der Waals surface area contributed by atoms with E-state index in [2.05, 4.69) is 18.2 Å². The van der Waals surface area contributed by atoms with Crippen molar-refractivity contribution in [2.75, 3.05) is 0 Å². The van der Waals surface area contributed by atoms with Crippen LogP contribution in [0.25, 0.3) is 0 Å². The number of hydrogen-bond acceptors (Lipinski definition) is 1. The van der Waals surface area contributed by atoms with Crippen LogP contribution in [0, 0.1) is 19.7 Å². The average Bonchev–Trinajstić information content (AvgIpc) is 2.33. The molecule has 0 aliphatic heterocycles. The zero-order valence-corrected chi connectivity index (χ0v) is 11.8. The SMILES string of the molecule is Cc1cc(C)cc(C(N)Cc2cccc(F)c2Cl)c1. The van der Waals surface area contributed by atoms with Crippen molar-refractivity contribution in [1.82, 2.24) is 0 Å². The van der Waals surface area contributed by atoms with Crippen LogP contribution < -0.4 is 5.73 Å². The van der Waals surface area contributed by atoms with Crippen molar-refractivity contribution >= 4 is 11.6 Å². The zero-order valence-electron chi connectivity index (χ0n) is 11.1. The standard InChI is InChI=1S/C16H17ClFN/c1-10-6-11(2)8-13(7-10)15(19)9-12-4-3-5-14(18)16(12)17/h3-8,15H,9,19H2,1-2H3. The maximum atomic E-state index is 13.4. The molecule has 2 aromatic rings. The summed E-state index contributed by atoms with van der Waals surface area (Å²) < 4.78 is 13.4. The molecular weight excluding hydrogens is 261 g/mol. The molecule has 0 amide bonds. The highest BCUT2D eigenvalue weighted by Crippen LogP contribution is 2.25. The molecule has 0 aromatic heterocycles. The number of nitrogens with two attached hydrogens (primary N) is 1. The van der Waals surface area contributed by atoms with E-state index in [0.717, 1.165) is 11.1 Å². The molecule has 0 spiro atoms. The van der Waals surface area contributed by atoms with Gasteiger partial charge in [-0.25, -0.2) is 4.39 Å². The van der Waals surface area contributed by atoms with Crippen LogP contribution in [0.2, 0.25) is 5.02 Å². The fourth-order valence-electron chi connectivity index (χ4n) is 2.28. The molecule has 19 heavy (non-hydrogen) atoms. The van der Waals surface area contributed by atoms with Gasteiger partial charge in [0.15, 0.2) is 0 Å². The number of benzene rings is 2. The topological polar surface area (TPSA) is 26.0 Å². The van der Waals surface area contributed by atoms with E-state index in [9.17, 15) is 4.39 Å². The van der Waals surface area contributed by atoms with Crippen LogP contribution >= 0.6 is 11.6 Å². The monoisotopic (exact) mass is 277 g/mol. The lowest BCUT2D eigenvalue weighted by Crippen LogP contribution is -2.14. The summed E-state index contributed by atoms with van der Waals surface area (Å²) in [5.41, 5.74) is 10.4. The molecular formula is C16H17ClFN. The molecule has 0 aliphatic rings. The average molecular weight is 278 g/mol. The largest absolute Gasteiger partial charge is 0.324 e. The highest BCUT2D eigenvalue weighted by atomic mass is 35.5. The van der Waals surface area contributed by atoms with Crippen molar-refractivity contribution in [2.45, 2.75) is 26.3 Å². The third-order valence-corrected chi connectivity index (χ3v) is 3.57. The molecule has 1 atom stereocenters. The molecule has 0 saturated carbocycles. The van der Waals surface area contributed by atoms with Crippen molar-refractivity contribution in [3.8, 4) is 0 Å². The molecule has 0 bridgehead atoms. The van der Waals surface area contributed by atoms with Crippen LogP contribution in [0.15, 0.2) is 36.4 Å². The maximum absolute atomic E-state index is 13.4. The van der Waals surface area contributed by atoms with E-state index in [1.54, 1.807) is 6.07 Å². The Morgan fingerprint density at radius 1 is 1.16 bits per heavy atom. The van der Waals surface area contributed by atoms with E-state index in [0.29, 0.717) is 6.42 Å². The quantitative estimate of drug-likeness (QED) is 0.887. The second-order valence-electron chi connectivity index (χ2n) is 4.94. The van der Waals surface area contributed by atoms with E-state index in [-0.39, 0.29) is 11.1 Å². The highest BCUT2D eigenvalue weighted by molar-refractivity contribution is 6.31. The van der Waals surface area contributed by atoms with Crippen molar-refractivity contribution in [2.24, 2.45) is 5.73 Å². The molecule has 100 valence electrons. The van der Waals surface area contributed by atoms with Gasteiger partial charge in [0.1, 0.15) is 5.82 Å². The van der Waals surface area contributed by atoms with Crippen LogP contribution in [0.3, 0.4) is 0 Å². The highest BCUT2D eigenvalue weighted by Gasteiger charge is 2.12. The van der Waals surface area contributed by atoms with Crippen molar-refractivity contribution in [3.05, 3.63) is 69.5 Å². The third-order valence-electron chi connectivity index (χ3n) is 3.14. The minimum absolute atomic E-state index is 0.169. The zero-order chi connectivity index (χ0) is 14.0. The van der Waals surface area contributed by atoms with E-state index < -0.39 is 5.82 Å². The maximum Gasteiger partial charge on any atom is 0.142 e. The molecule has 0 radical (unpaired) electrons. The van der Waals surface area contributed by atoms with Crippen LogP contribution in [0.4, 0.5) is 4.39 Å². The van der Waals surface area contributed by atoms with Crippen LogP contribution in [-0.2, 0) is 6.42 Å². The Bertz CT molecular complexity index is 575. The Labute approximate surface area is 118 Å². The van der Waals surface area contributed by atoms with Crippen molar-refractivity contribution in [3.63, 3.8) is 0 Å². The first-order valence-corrected chi connectivity index (χ1v) is 6.62. The van der Waals surface area contributed by atoms with Crippen LogP contribution in [0.1, 0.15) is 28.3 Å². The van der Waals surface area contributed by atoms with E-state index in [4.69, 9.17) is 17.3 Å². The minimum Gasteiger partial charge on any atom is -0.324 e. The number of aryl methyl sites for hydroxylation is 2. The van der Waals surface area contributed by atoms with Gasteiger partial charge in [-0.1, -0.05) is 53.1 Å². The Hall–Kier alpha value is -1.38. The van der Waals surface area contributed by atoms with E-state index >= 15 is 0 Å². The number of rotatable bonds is 3. The second-order valence-corrected chi connectivity index (χ2v) is 5.32. The van der Waals surface area contributed by atoms with Gasteiger partial charge in [0.05, 0.1) is 5.02 Å². The van der Waals surface area contributed by atoms with Gasteiger partial charge in [0.2, 0.25) is 0 Å². The Kier molecular flexibility index (Phi) is 4.23. The minimum atomic E-state index is -0.396. The summed E-state index contributed by atoms with van der Waals surface area (Å²) in [6.45, 7) is 4.08. The Morgan fingerprint density at radius 2 is 1.79 bits per heavy atom. The van der Waals surface area contributed by atoms with Gasteiger partial charge in [0.25, 0.3) is 0 Å². The summed E-state index contributed by atoms with van der Waals surface area (Å²) in [6, 6.07) is 10.9. The molecule has 0 aliphatic carbocycles. The van der Waals surface area contributed by atoms with Gasteiger partial charge < -0.3 is 5.73 Å². The summed E-state index contributed by atoms with van der Waals surface area (Å²) in [5.74, 6) is -0.396. The van der Waals surface area contributed by atoms with Gasteiger partial charge in [-0.2, -0.15) is 0 Å². The van der Waals surface area contributed by atoms with Crippen LogP contribution in [-0.4, -0.2) is 0 Å². The molecule has 1 unspecified atom stereocenters. The smallest absolute Gasteiger partial charge is 0.142 e. The summed E-state index contributed by atoms with van der Waals surface area (Å²) >= 11 is 5.96. The molecule has 1 nitrogen and oxygen atoms in total. The number of halogens is 2. The first-order valence-electron chi connectivity index (χ1n) is 6.24. The van der Waals surface area contributed by atoms with Gasteiger partial charge in [-0.05, 0) is 37.5 Å². The Balaban J connectivity index is 2.25. The van der Waals surface area contributed by atoms with Gasteiger partial charge in [-0.3, -0.25) is 0 Å². The molecule has 0 fully saturated rings. The molecule has 0 heterocycles. The van der Waals surface area contributed by atoms with E-state index in [1.807, 2.05) is 19.9 Å². The first kappa shape index (κ1) is 14.0. The van der Waals surface area contributed by atoms with Gasteiger partial charge >= 0.3 is 0 Å². The fourth-order valence-corrected chi connectivity index (χ4v) is 2.49. The third kappa shape index (κ3) is 3.34. The van der Waals surface area contributed by atoms with Crippen LogP contribution in [0.5, 0.6) is 0 Å². The predicted octanol–water partition coefficient (Wildman–Crippen LogP) is 4.34. The van der Waals surface area contributed by atoms with E-state index in [1.165, 1.54) is 17.2 Å². The van der Waals surface area contributed by atoms with Crippen molar-refractivity contribution < 1.29 is 4.39 Å². The summed E-state index contributed by atoms with van der Waals surface area (Å²) in [4.78, 5) is 0. The predicted molar refractivity (Wildman–Crippen MR) is 78.0 cm³/mol. The molecule has 0 saturated heterocycles. The summed E-state index contributed by atoms with van der Waals surface area (Å²) in [7, 11) is 0. The molecule has 2 aromatic carbocycles. The summed E-state index contributed by atoms with van der Waals surface area (Å²) in [5, 5.41) is 0.169. The fraction of sp³-hybridized carbons (Fsp3) is 0.250. The lowest BCUT2D eigenvalue weighted by Gasteiger charge is -2.15. The molecule has 3 heteroatoms. The lowest BCUT2D eigenvalue weighted by molar-refractivity contribution is 0.622. The molecule has 2 rings (SSSR count). The van der Waals surface area contributed by atoms with Gasteiger partial charge in [0, 0.05) is 6.04 Å². The molecule has 2 N–H and O–H groups in total. The second kappa shape index (κ2) is 5.72. The number of hydrogen-bond donors (Lipinski definition) is 1. The van der Waals surface area contributed by atoms with Gasteiger partial charge in [-0.15, -0.1) is 0 Å². The summed E-state index contributed by atoms with van der Waals surface area (Å²) in [6.07, 6.45) is 0.527. The first-order chi connectivity index (χ1) is 8.97. The Morgan fingerprint density at radius 3 is 2.42 bits per heavy atom. The van der Waals surface area contributed by atoms with Crippen molar-refractivity contribution in [1.29, 1.82) is 0 Å². The lowest BCUT2D eigenvalue weighted by atomic mass is 9.96. The normalized spacial score (nSPS) is 12.5.